The molecule has 0 aromatic carbocycles. The fourth-order valence-corrected chi connectivity index (χ4v) is 0.801. The molecule has 12 heavy (non-hydrogen) atoms. The third-order valence-electron chi connectivity index (χ3n) is 1.23. The van der Waals surface area contributed by atoms with Crippen LogP contribution in [0, 0.1) is 0 Å². The lowest BCUT2D eigenvalue weighted by molar-refractivity contribution is 0.0636. The maximum atomic E-state index is 5.36. The number of hydrogen-bond acceptors (Lipinski definition) is 2. The topological polar surface area (TPSA) is 18.5 Å². The van der Waals surface area contributed by atoms with Gasteiger partial charge in [0.15, 0.2) is 0 Å². The lowest BCUT2D eigenvalue weighted by atomic mass is 10.4. The van der Waals surface area contributed by atoms with Crippen molar-refractivity contribution in [3.63, 3.8) is 0 Å². The van der Waals surface area contributed by atoms with Crippen LogP contribution in [0.4, 0.5) is 0 Å². The summed E-state index contributed by atoms with van der Waals surface area (Å²) < 4.78 is 10.7. The molecule has 0 aliphatic heterocycles. The molecule has 0 atom stereocenters. The van der Waals surface area contributed by atoms with Crippen LogP contribution in [-0.2, 0) is 9.47 Å². The van der Waals surface area contributed by atoms with Gasteiger partial charge in [-0.15, -0.1) is 0 Å². The van der Waals surface area contributed by atoms with Crippen LogP contribution in [0.5, 0.6) is 0 Å². The quantitative estimate of drug-likeness (QED) is 0.573. The van der Waals surface area contributed by atoms with Crippen molar-refractivity contribution in [3.8, 4) is 0 Å². The first-order chi connectivity index (χ1) is 5.52. The monoisotopic (exact) mass is 172 g/mol. The van der Waals surface area contributed by atoms with E-state index in [4.69, 9.17) is 9.47 Å². The first-order valence-electron chi connectivity index (χ1n) is 4.48. The third kappa shape index (κ3) is 7.61. The molecule has 2 nitrogen and oxygen atoms in total. The highest BCUT2D eigenvalue weighted by molar-refractivity contribution is 4.82. The van der Waals surface area contributed by atoms with Gasteiger partial charge in [0.05, 0.1) is 24.6 Å². The Kier molecular flexibility index (Phi) is 5.81. The number of ether oxygens (including phenoxy) is 2. The van der Waals surface area contributed by atoms with Gasteiger partial charge in [-0.25, -0.2) is 0 Å². The highest BCUT2D eigenvalue weighted by Crippen LogP contribution is 2.05. The van der Waals surface area contributed by atoms with E-state index in [2.05, 4.69) is 6.58 Å². The molecule has 0 saturated heterocycles. The fraction of sp³-hybridized carbons (Fsp3) is 0.800. The molecular formula is C10H20O2. The predicted octanol–water partition coefficient (Wildman–Crippen LogP) is 2.74. The van der Waals surface area contributed by atoms with Crippen molar-refractivity contribution >= 4 is 0 Å². The van der Waals surface area contributed by atoms with Crippen molar-refractivity contribution in [2.24, 2.45) is 0 Å². The van der Waals surface area contributed by atoms with Crippen LogP contribution >= 0.6 is 0 Å². The van der Waals surface area contributed by atoms with Crippen LogP contribution in [0.2, 0.25) is 0 Å². The van der Waals surface area contributed by atoms with Gasteiger partial charge >= 0.3 is 0 Å². The van der Waals surface area contributed by atoms with E-state index in [1.165, 1.54) is 0 Å². The lowest BCUT2D eigenvalue weighted by Gasteiger charge is -2.13. The third-order valence-corrected chi connectivity index (χ3v) is 1.23. The molecule has 0 radical (unpaired) electrons. The molecule has 0 N–H and O–H groups in total. The average Bonchev–Trinajstić information content (AvgIpc) is 1.84. The molecule has 0 spiro atoms. The lowest BCUT2D eigenvalue weighted by Crippen LogP contribution is -2.07. The molecule has 0 saturated carbocycles. The first kappa shape index (κ1) is 11.5. The van der Waals surface area contributed by atoms with E-state index in [1.54, 1.807) is 0 Å². The van der Waals surface area contributed by atoms with Gasteiger partial charge in [0.2, 0.25) is 0 Å². The summed E-state index contributed by atoms with van der Waals surface area (Å²) in [5.41, 5.74) is 0. The average molecular weight is 172 g/mol. The minimum Gasteiger partial charge on any atom is -0.496 e. The largest absolute Gasteiger partial charge is 0.496 e. The van der Waals surface area contributed by atoms with Gasteiger partial charge in [0.1, 0.15) is 0 Å². The SMILES string of the molecule is C=C(CCOC(C)C)OC(C)C. The first-order valence-corrected chi connectivity index (χ1v) is 4.48. The van der Waals surface area contributed by atoms with E-state index in [0.717, 1.165) is 12.2 Å². The number of rotatable bonds is 6. The van der Waals surface area contributed by atoms with E-state index in [1.807, 2.05) is 27.7 Å². The van der Waals surface area contributed by atoms with Crippen LogP contribution in [0.15, 0.2) is 12.3 Å². The maximum Gasteiger partial charge on any atom is 0.0926 e. The molecular weight excluding hydrogens is 152 g/mol. The molecule has 72 valence electrons. The second-order valence-electron chi connectivity index (χ2n) is 3.37. The van der Waals surface area contributed by atoms with Crippen LogP contribution in [0.1, 0.15) is 34.1 Å². The Morgan fingerprint density at radius 2 is 1.75 bits per heavy atom. The molecule has 0 aromatic heterocycles. The van der Waals surface area contributed by atoms with Crippen molar-refractivity contribution in [3.05, 3.63) is 12.3 Å². The Bertz CT molecular complexity index is 128. The summed E-state index contributed by atoms with van der Waals surface area (Å²) in [4.78, 5) is 0. The summed E-state index contributed by atoms with van der Waals surface area (Å²) in [6, 6.07) is 0. The Hall–Kier alpha value is -0.500. The molecule has 0 heterocycles. The van der Waals surface area contributed by atoms with E-state index in [0.29, 0.717) is 6.61 Å². The van der Waals surface area contributed by atoms with Crippen molar-refractivity contribution in [2.45, 2.75) is 46.3 Å². The second-order valence-corrected chi connectivity index (χ2v) is 3.37. The normalized spacial score (nSPS) is 10.8. The van der Waals surface area contributed by atoms with Gasteiger partial charge in [-0.3, -0.25) is 0 Å². The predicted molar refractivity (Wildman–Crippen MR) is 51.1 cm³/mol. The Balaban J connectivity index is 3.32. The summed E-state index contributed by atoms with van der Waals surface area (Å²) in [7, 11) is 0. The Morgan fingerprint density at radius 1 is 1.17 bits per heavy atom. The Labute approximate surface area is 75.6 Å². The zero-order valence-corrected chi connectivity index (χ0v) is 8.59. The molecule has 0 bridgehead atoms. The fourth-order valence-electron chi connectivity index (χ4n) is 0.801. The van der Waals surface area contributed by atoms with E-state index < -0.39 is 0 Å². The summed E-state index contributed by atoms with van der Waals surface area (Å²) in [5, 5.41) is 0. The molecule has 0 unspecified atom stereocenters. The van der Waals surface area contributed by atoms with Crippen LogP contribution in [0.25, 0.3) is 0 Å². The van der Waals surface area contributed by atoms with Crippen LogP contribution in [0.3, 0.4) is 0 Å². The highest BCUT2D eigenvalue weighted by atomic mass is 16.5. The zero-order chi connectivity index (χ0) is 9.56. The molecule has 0 amide bonds. The van der Waals surface area contributed by atoms with Crippen molar-refractivity contribution in [2.75, 3.05) is 6.61 Å². The Morgan fingerprint density at radius 3 is 2.17 bits per heavy atom. The molecule has 0 aliphatic carbocycles. The summed E-state index contributed by atoms with van der Waals surface area (Å²) in [5.74, 6) is 0.811. The highest BCUT2D eigenvalue weighted by Gasteiger charge is 1.99. The van der Waals surface area contributed by atoms with Crippen LogP contribution < -0.4 is 0 Å². The maximum absolute atomic E-state index is 5.36. The van der Waals surface area contributed by atoms with Gasteiger partial charge in [-0.1, -0.05) is 6.58 Å². The number of hydrogen-bond donors (Lipinski definition) is 0. The standard InChI is InChI=1S/C10H20O2/c1-8(2)11-7-6-10(5)12-9(3)4/h8-9H,5-7H2,1-4H3. The minimum atomic E-state index is 0.219. The molecule has 0 aliphatic rings. The van der Waals surface area contributed by atoms with Gasteiger partial charge in [0.25, 0.3) is 0 Å². The summed E-state index contributed by atoms with van der Waals surface area (Å²) >= 11 is 0. The van der Waals surface area contributed by atoms with Gasteiger partial charge in [-0.05, 0) is 27.7 Å². The summed E-state index contributed by atoms with van der Waals surface area (Å²) in [6.45, 7) is 12.5. The second kappa shape index (κ2) is 6.06. The van der Waals surface area contributed by atoms with Crippen molar-refractivity contribution in [1.29, 1.82) is 0 Å². The molecule has 0 aromatic rings. The van der Waals surface area contributed by atoms with Gasteiger partial charge in [0, 0.05) is 6.42 Å². The molecule has 2 heteroatoms. The summed E-state index contributed by atoms with van der Waals surface area (Å²) in [6.07, 6.45) is 1.30. The van der Waals surface area contributed by atoms with E-state index in [9.17, 15) is 0 Å². The molecule has 0 fully saturated rings. The van der Waals surface area contributed by atoms with Gasteiger partial charge in [-0.2, -0.15) is 0 Å². The van der Waals surface area contributed by atoms with E-state index >= 15 is 0 Å². The van der Waals surface area contributed by atoms with Crippen molar-refractivity contribution in [1.82, 2.24) is 0 Å². The molecule has 0 rings (SSSR count). The smallest absolute Gasteiger partial charge is 0.0926 e. The minimum absolute atomic E-state index is 0.219. The van der Waals surface area contributed by atoms with Crippen molar-refractivity contribution < 1.29 is 9.47 Å². The zero-order valence-electron chi connectivity index (χ0n) is 8.59. The van der Waals surface area contributed by atoms with Gasteiger partial charge < -0.3 is 9.47 Å². The van der Waals surface area contributed by atoms with E-state index in [-0.39, 0.29) is 12.2 Å². The van der Waals surface area contributed by atoms with Crippen LogP contribution in [-0.4, -0.2) is 18.8 Å².